The number of phenols is 1. The Hall–Kier alpha value is -3.35. The first-order valence-corrected chi connectivity index (χ1v) is 8.68. The number of carbonyl (C=O) groups excluding carboxylic acids is 1. The summed E-state index contributed by atoms with van der Waals surface area (Å²) in [6.45, 7) is 4.34. The molecule has 0 spiro atoms. The number of ether oxygens (including phenoxy) is 1. The van der Waals surface area contributed by atoms with Crippen LogP contribution >= 0.6 is 0 Å². The molecule has 0 atom stereocenters. The second-order valence-electron chi connectivity index (χ2n) is 6.29. The zero-order chi connectivity index (χ0) is 19.2. The lowest BCUT2D eigenvalue weighted by molar-refractivity contribution is 0.0910. The molecule has 1 aromatic heterocycles. The molecule has 0 saturated heterocycles. The van der Waals surface area contributed by atoms with E-state index >= 15 is 0 Å². The first-order valence-electron chi connectivity index (χ1n) is 8.68. The summed E-state index contributed by atoms with van der Waals surface area (Å²) in [4.78, 5) is 16.3. The lowest BCUT2D eigenvalue weighted by Crippen LogP contribution is -2.25. The maximum Gasteiger partial charge on any atom is 0.316 e. The number of nitrogens with zero attached hydrogens (tertiary/aromatic N) is 2. The molecule has 27 heavy (non-hydrogen) atoms. The largest absolute Gasteiger partial charge is 0.508 e. The number of aromatic nitrogens is 2. The summed E-state index contributed by atoms with van der Waals surface area (Å²) in [6.07, 6.45) is 0.725. The van der Waals surface area contributed by atoms with Crippen LogP contribution in [-0.2, 0) is 6.42 Å². The molecule has 7 nitrogen and oxygen atoms in total. The minimum atomic E-state index is -0.424. The highest BCUT2D eigenvalue weighted by molar-refractivity contribution is 5.89. The van der Waals surface area contributed by atoms with Crippen LogP contribution in [0.15, 0.2) is 53.1 Å². The van der Waals surface area contributed by atoms with Crippen molar-refractivity contribution in [2.24, 2.45) is 0 Å². The van der Waals surface area contributed by atoms with Crippen LogP contribution in [0.1, 0.15) is 30.1 Å². The van der Waals surface area contributed by atoms with Gasteiger partial charge in [0.05, 0.1) is 6.10 Å². The van der Waals surface area contributed by atoms with Gasteiger partial charge < -0.3 is 19.7 Å². The molecule has 140 valence electrons. The SMILES string of the molecule is CC(C)Oc1ccc(-c2noc(C(=O)NCCc3ccc(O)cc3)n2)cc1. The third-order valence-electron chi connectivity index (χ3n) is 3.74. The molecule has 0 radical (unpaired) electrons. The van der Waals surface area contributed by atoms with Crippen molar-refractivity contribution in [2.75, 3.05) is 6.54 Å². The Morgan fingerprint density at radius 2 is 1.85 bits per heavy atom. The van der Waals surface area contributed by atoms with Gasteiger partial charge in [0.25, 0.3) is 0 Å². The predicted octanol–water partition coefficient (Wildman–Crippen LogP) is 3.20. The van der Waals surface area contributed by atoms with Gasteiger partial charge in [0.2, 0.25) is 5.82 Å². The lowest BCUT2D eigenvalue weighted by atomic mass is 10.1. The van der Waals surface area contributed by atoms with Crippen molar-refractivity contribution in [3.63, 3.8) is 0 Å². The maximum atomic E-state index is 12.1. The summed E-state index contributed by atoms with van der Waals surface area (Å²) < 4.78 is 10.7. The number of rotatable bonds is 7. The average Bonchev–Trinajstić information content (AvgIpc) is 3.14. The van der Waals surface area contributed by atoms with E-state index in [-0.39, 0.29) is 17.7 Å². The van der Waals surface area contributed by atoms with E-state index in [0.29, 0.717) is 18.8 Å². The lowest BCUT2D eigenvalue weighted by Gasteiger charge is -2.09. The van der Waals surface area contributed by atoms with Gasteiger partial charge in [-0.15, -0.1) is 0 Å². The number of benzene rings is 2. The number of carbonyl (C=O) groups is 1. The van der Waals surface area contributed by atoms with Crippen molar-refractivity contribution in [3.05, 3.63) is 60.0 Å². The molecule has 0 aliphatic heterocycles. The number of nitrogens with one attached hydrogen (secondary N) is 1. The fourth-order valence-corrected chi connectivity index (χ4v) is 2.45. The van der Waals surface area contributed by atoms with Crippen molar-refractivity contribution in [1.29, 1.82) is 0 Å². The van der Waals surface area contributed by atoms with Crippen LogP contribution in [0.2, 0.25) is 0 Å². The molecule has 0 saturated carbocycles. The van der Waals surface area contributed by atoms with Crippen LogP contribution < -0.4 is 10.1 Å². The molecule has 7 heteroatoms. The summed E-state index contributed by atoms with van der Waals surface area (Å²) in [5, 5.41) is 15.9. The molecule has 0 aliphatic rings. The molecule has 0 fully saturated rings. The number of hydrogen-bond donors (Lipinski definition) is 2. The number of hydrogen-bond acceptors (Lipinski definition) is 6. The quantitative estimate of drug-likeness (QED) is 0.665. The Balaban J connectivity index is 1.56. The zero-order valence-electron chi connectivity index (χ0n) is 15.2. The van der Waals surface area contributed by atoms with Gasteiger partial charge in [0.15, 0.2) is 0 Å². The maximum absolute atomic E-state index is 12.1. The fraction of sp³-hybridized carbons (Fsp3) is 0.250. The summed E-state index contributed by atoms with van der Waals surface area (Å²) >= 11 is 0. The van der Waals surface area contributed by atoms with E-state index in [1.165, 1.54) is 0 Å². The highest BCUT2D eigenvalue weighted by Gasteiger charge is 2.15. The highest BCUT2D eigenvalue weighted by Crippen LogP contribution is 2.20. The predicted molar refractivity (Wildman–Crippen MR) is 99.6 cm³/mol. The van der Waals surface area contributed by atoms with Crippen LogP contribution in [-0.4, -0.2) is 33.8 Å². The van der Waals surface area contributed by atoms with Crippen LogP contribution in [0.5, 0.6) is 11.5 Å². The first-order chi connectivity index (χ1) is 13.0. The van der Waals surface area contributed by atoms with E-state index in [2.05, 4.69) is 15.5 Å². The van der Waals surface area contributed by atoms with E-state index in [1.54, 1.807) is 24.3 Å². The van der Waals surface area contributed by atoms with Crippen molar-refractivity contribution < 1.29 is 19.2 Å². The molecule has 1 heterocycles. The van der Waals surface area contributed by atoms with Gasteiger partial charge in [0, 0.05) is 12.1 Å². The van der Waals surface area contributed by atoms with E-state index in [0.717, 1.165) is 16.9 Å². The molecule has 3 rings (SSSR count). The molecule has 2 aromatic carbocycles. The molecule has 2 N–H and O–H groups in total. The van der Waals surface area contributed by atoms with Crippen LogP contribution in [0.3, 0.4) is 0 Å². The summed E-state index contributed by atoms with van der Waals surface area (Å²) in [5.74, 6) is 0.801. The van der Waals surface area contributed by atoms with E-state index in [1.807, 2.05) is 38.1 Å². The second-order valence-corrected chi connectivity index (χ2v) is 6.29. The summed E-state index contributed by atoms with van der Waals surface area (Å²) in [5.41, 5.74) is 1.74. The molecule has 1 amide bonds. The zero-order valence-corrected chi connectivity index (χ0v) is 15.2. The number of phenolic OH excluding ortho intramolecular Hbond substituents is 1. The number of aromatic hydroxyl groups is 1. The van der Waals surface area contributed by atoms with Crippen molar-refractivity contribution in [3.8, 4) is 22.9 Å². The molecule has 0 bridgehead atoms. The Morgan fingerprint density at radius 3 is 2.52 bits per heavy atom. The normalized spacial score (nSPS) is 10.8. The van der Waals surface area contributed by atoms with Gasteiger partial charge in [-0.3, -0.25) is 4.79 Å². The Morgan fingerprint density at radius 1 is 1.15 bits per heavy atom. The summed E-state index contributed by atoms with van der Waals surface area (Å²) in [6, 6.07) is 14.1. The van der Waals surface area contributed by atoms with E-state index in [9.17, 15) is 9.90 Å². The van der Waals surface area contributed by atoms with Crippen LogP contribution in [0.4, 0.5) is 0 Å². The van der Waals surface area contributed by atoms with Gasteiger partial charge in [-0.25, -0.2) is 0 Å². The monoisotopic (exact) mass is 367 g/mol. The van der Waals surface area contributed by atoms with E-state index in [4.69, 9.17) is 9.26 Å². The molecular weight excluding hydrogens is 346 g/mol. The van der Waals surface area contributed by atoms with Gasteiger partial charge in [-0.2, -0.15) is 4.98 Å². The minimum Gasteiger partial charge on any atom is -0.508 e. The summed E-state index contributed by atoms with van der Waals surface area (Å²) in [7, 11) is 0. The Labute approximate surface area is 157 Å². The topological polar surface area (TPSA) is 97.5 Å². The molecule has 3 aromatic rings. The third-order valence-corrected chi connectivity index (χ3v) is 3.74. The van der Waals surface area contributed by atoms with Gasteiger partial charge in [0.1, 0.15) is 11.5 Å². The highest BCUT2D eigenvalue weighted by atomic mass is 16.5. The molecule has 0 unspecified atom stereocenters. The van der Waals surface area contributed by atoms with Crippen molar-refractivity contribution in [1.82, 2.24) is 15.5 Å². The molecular formula is C20H21N3O4. The van der Waals surface area contributed by atoms with Gasteiger partial charge in [-0.05, 0) is 62.2 Å². The minimum absolute atomic E-state index is 0.0850. The Kier molecular flexibility index (Phi) is 5.71. The number of amides is 1. The smallest absolute Gasteiger partial charge is 0.316 e. The van der Waals surface area contributed by atoms with E-state index < -0.39 is 5.91 Å². The first kappa shape index (κ1) is 18.4. The van der Waals surface area contributed by atoms with Crippen molar-refractivity contribution in [2.45, 2.75) is 26.4 Å². The second kappa shape index (κ2) is 8.35. The average molecular weight is 367 g/mol. The van der Waals surface area contributed by atoms with Gasteiger partial charge >= 0.3 is 11.8 Å². The van der Waals surface area contributed by atoms with Crippen LogP contribution in [0.25, 0.3) is 11.4 Å². The van der Waals surface area contributed by atoms with Crippen LogP contribution in [0, 0.1) is 0 Å². The molecule has 0 aliphatic carbocycles. The third kappa shape index (κ3) is 5.07. The Bertz CT molecular complexity index is 886. The standard InChI is InChI=1S/C20H21N3O4/c1-13(2)26-17-9-5-15(6-10-17)18-22-20(27-23-18)19(25)21-12-11-14-3-7-16(24)8-4-14/h3-10,13,24H,11-12H2,1-2H3,(H,21,25). The fourth-order valence-electron chi connectivity index (χ4n) is 2.45. The van der Waals surface area contributed by atoms with Crippen molar-refractivity contribution >= 4 is 5.91 Å². The van der Waals surface area contributed by atoms with Gasteiger partial charge in [-0.1, -0.05) is 17.3 Å².